The van der Waals surface area contributed by atoms with E-state index in [1.54, 1.807) is 0 Å². The van der Waals surface area contributed by atoms with Gasteiger partial charge in [-0.1, -0.05) is 0 Å². The molecular weight excluding hydrogens is 238 g/mol. The van der Waals surface area contributed by atoms with Gasteiger partial charge in [0.05, 0.1) is 23.8 Å². The highest BCUT2D eigenvalue weighted by Crippen LogP contribution is 2.29. The second-order valence-corrected chi connectivity index (χ2v) is 5.46. The average Bonchev–Trinajstić information content (AvgIpc) is 2.47. The summed E-state index contributed by atoms with van der Waals surface area (Å²) in [7, 11) is 4.05. The van der Waals surface area contributed by atoms with Gasteiger partial charge in [-0.05, 0) is 51.2 Å². The average molecular weight is 259 g/mol. The lowest BCUT2D eigenvalue weighted by Crippen LogP contribution is -2.58. The lowest BCUT2D eigenvalue weighted by molar-refractivity contribution is 0.0547. The number of hydrogen-bond acceptors (Lipinski definition) is 4. The highest BCUT2D eigenvalue weighted by atomic mass is 16.3. The van der Waals surface area contributed by atoms with Gasteiger partial charge < -0.3 is 10.0 Å². The Hall–Kier alpha value is -1.57. The van der Waals surface area contributed by atoms with Crippen LogP contribution in [0.3, 0.4) is 0 Å². The van der Waals surface area contributed by atoms with Crippen LogP contribution in [-0.4, -0.2) is 49.3 Å². The minimum absolute atomic E-state index is 0.161. The Labute approximate surface area is 114 Å². The largest absolute Gasteiger partial charge is 0.394 e. The molecule has 4 heteroatoms. The Morgan fingerprint density at radius 3 is 2.58 bits per heavy atom. The Kier molecular flexibility index (Phi) is 4.08. The SMILES string of the molecule is CN(C)C1(CO)CCCN(c2ccc(C#N)cc2)C1. The monoisotopic (exact) mass is 259 g/mol. The predicted octanol–water partition coefficient (Wildman–Crippen LogP) is 1.45. The van der Waals surface area contributed by atoms with Gasteiger partial charge in [-0.2, -0.15) is 5.26 Å². The number of aliphatic hydroxyl groups is 1. The highest BCUT2D eigenvalue weighted by Gasteiger charge is 2.36. The molecule has 102 valence electrons. The molecule has 0 aromatic heterocycles. The Balaban J connectivity index is 2.18. The van der Waals surface area contributed by atoms with Crippen LogP contribution in [0.25, 0.3) is 0 Å². The summed E-state index contributed by atoms with van der Waals surface area (Å²) in [5.41, 5.74) is 1.65. The van der Waals surface area contributed by atoms with E-state index in [2.05, 4.69) is 15.9 Å². The quantitative estimate of drug-likeness (QED) is 0.892. The fraction of sp³-hybridized carbons (Fsp3) is 0.533. The lowest BCUT2D eigenvalue weighted by atomic mass is 9.88. The van der Waals surface area contributed by atoms with E-state index in [1.807, 2.05) is 38.4 Å². The molecule has 4 nitrogen and oxygen atoms in total. The molecule has 1 aliphatic rings. The van der Waals surface area contributed by atoms with E-state index < -0.39 is 0 Å². The number of rotatable bonds is 3. The van der Waals surface area contributed by atoms with E-state index in [0.29, 0.717) is 5.56 Å². The van der Waals surface area contributed by atoms with E-state index in [0.717, 1.165) is 31.6 Å². The molecule has 1 fully saturated rings. The van der Waals surface area contributed by atoms with Gasteiger partial charge in [0.2, 0.25) is 0 Å². The molecular formula is C15H21N3O. The summed E-state index contributed by atoms with van der Waals surface area (Å²) < 4.78 is 0. The van der Waals surface area contributed by atoms with Gasteiger partial charge in [0.15, 0.2) is 0 Å². The normalized spacial score (nSPS) is 23.4. The van der Waals surface area contributed by atoms with E-state index in [1.165, 1.54) is 0 Å². The molecule has 1 unspecified atom stereocenters. The van der Waals surface area contributed by atoms with Crippen molar-refractivity contribution in [1.82, 2.24) is 4.90 Å². The molecule has 1 N–H and O–H groups in total. The number of nitrogens with zero attached hydrogens (tertiary/aromatic N) is 3. The molecule has 0 radical (unpaired) electrons. The number of benzene rings is 1. The van der Waals surface area contributed by atoms with Crippen molar-refractivity contribution in [1.29, 1.82) is 5.26 Å². The van der Waals surface area contributed by atoms with Crippen molar-refractivity contribution in [3.63, 3.8) is 0 Å². The van der Waals surface area contributed by atoms with Gasteiger partial charge in [-0.25, -0.2) is 0 Å². The van der Waals surface area contributed by atoms with Gasteiger partial charge in [-0.3, -0.25) is 4.90 Å². The maximum Gasteiger partial charge on any atom is 0.0991 e. The molecule has 0 aliphatic carbocycles. The molecule has 0 amide bonds. The summed E-state index contributed by atoms with van der Waals surface area (Å²) in [5, 5.41) is 18.6. The molecule has 2 rings (SSSR count). The molecule has 0 bridgehead atoms. The molecule has 1 aliphatic heterocycles. The number of aliphatic hydroxyl groups excluding tert-OH is 1. The first-order valence-electron chi connectivity index (χ1n) is 6.65. The summed E-state index contributed by atoms with van der Waals surface area (Å²) in [4.78, 5) is 4.42. The van der Waals surface area contributed by atoms with Crippen molar-refractivity contribution in [2.75, 3.05) is 38.7 Å². The lowest BCUT2D eigenvalue weighted by Gasteiger charge is -2.46. The third-order valence-electron chi connectivity index (χ3n) is 4.16. The van der Waals surface area contributed by atoms with Crippen LogP contribution in [0.2, 0.25) is 0 Å². The van der Waals surface area contributed by atoms with E-state index in [4.69, 9.17) is 5.26 Å². The smallest absolute Gasteiger partial charge is 0.0991 e. The number of hydrogen-bond donors (Lipinski definition) is 1. The van der Waals surface area contributed by atoms with Gasteiger partial charge >= 0.3 is 0 Å². The van der Waals surface area contributed by atoms with Crippen molar-refractivity contribution >= 4 is 5.69 Å². The third kappa shape index (κ3) is 2.73. The minimum atomic E-state index is -0.161. The highest BCUT2D eigenvalue weighted by molar-refractivity contribution is 5.50. The van der Waals surface area contributed by atoms with Crippen LogP contribution in [0.15, 0.2) is 24.3 Å². The Bertz CT molecular complexity index is 463. The van der Waals surface area contributed by atoms with Crippen LogP contribution in [-0.2, 0) is 0 Å². The minimum Gasteiger partial charge on any atom is -0.394 e. The number of likely N-dealkylation sites (N-methyl/N-ethyl adjacent to an activating group) is 1. The molecule has 1 heterocycles. The zero-order valence-electron chi connectivity index (χ0n) is 11.6. The molecule has 1 aromatic rings. The van der Waals surface area contributed by atoms with Crippen molar-refractivity contribution < 1.29 is 5.11 Å². The fourth-order valence-electron chi connectivity index (χ4n) is 2.72. The van der Waals surface area contributed by atoms with Crippen LogP contribution >= 0.6 is 0 Å². The number of anilines is 1. The van der Waals surface area contributed by atoms with Crippen LogP contribution in [0.1, 0.15) is 18.4 Å². The first-order valence-corrected chi connectivity index (χ1v) is 6.65. The van der Waals surface area contributed by atoms with Gasteiger partial charge in [0.25, 0.3) is 0 Å². The maximum absolute atomic E-state index is 9.75. The number of piperidine rings is 1. The summed E-state index contributed by atoms with van der Waals surface area (Å²) in [6, 6.07) is 9.81. The molecule has 0 saturated carbocycles. The maximum atomic E-state index is 9.75. The van der Waals surface area contributed by atoms with Gasteiger partial charge in [0, 0.05) is 18.8 Å². The summed E-state index contributed by atoms with van der Waals surface area (Å²) >= 11 is 0. The van der Waals surface area contributed by atoms with Crippen molar-refractivity contribution in [2.24, 2.45) is 0 Å². The molecule has 19 heavy (non-hydrogen) atoms. The predicted molar refractivity (Wildman–Crippen MR) is 76.1 cm³/mol. The standard InChI is InChI=1S/C15H21N3O/c1-17(2)15(12-19)8-3-9-18(11-15)14-6-4-13(10-16)5-7-14/h4-7,19H,3,8-9,11-12H2,1-2H3. The summed E-state index contributed by atoms with van der Waals surface area (Å²) in [5.74, 6) is 0. The zero-order valence-corrected chi connectivity index (χ0v) is 11.6. The topological polar surface area (TPSA) is 50.5 Å². The second kappa shape index (κ2) is 5.60. The van der Waals surface area contributed by atoms with Gasteiger partial charge in [0.1, 0.15) is 0 Å². The van der Waals surface area contributed by atoms with E-state index >= 15 is 0 Å². The zero-order chi connectivity index (χ0) is 13.9. The van der Waals surface area contributed by atoms with Crippen LogP contribution in [0, 0.1) is 11.3 Å². The molecule has 1 saturated heterocycles. The molecule has 1 aromatic carbocycles. The van der Waals surface area contributed by atoms with E-state index in [-0.39, 0.29) is 12.1 Å². The van der Waals surface area contributed by atoms with Crippen molar-refractivity contribution in [3.05, 3.63) is 29.8 Å². The molecule has 1 atom stereocenters. The Morgan fingerprint density at radius 2 is 2.05 bits per heavy atom. The Morgan fingerprint density at radius 1 is 1.37 bits per heavy atom. The third-order valence-corrected chi connectivity index (χ3v) is 4.16. The second-order valence-electron chi connectivity index (χ2n) is 5.46. The summed E-state index contributed by atoms with van der Waals surface area (Å²) in [6.07, 6.45) is 2.09. The fourth-order valence-corrected chi connectivity index (χ4v) is 2.72. The van der Waals surface area contributed by atoms with E-state index in [9.17, 15) is 5.11 Å². The van der Waals surface area contributed by atoms with Gasteiger partial charge in [-0.15, -0.1) is 0 Å². The van der Waals surface area contributed by atoms with Crippen molar-refractivity contribution in [2.45, 2.75) is 18.4 Å². The van der Waals surface area contributed by atoms with Crippen LogP contribution in [0.5, 0.6) is 0 Å². The summed E-state index contributed by atoms with van der Waals surface area (Å²) in [6.45, 7) is 2.00. The molecule has 0 spiro atoms. The van der Waals surface area contributed by atoms with Crippen molar-refractivity contribution in [3.8, 4) is 6.07 Å². The van der Waals surface area contributed by atoms with Crippen LogP contribution < -0.4 is 4.90 Å². The number of nitriles is 1. The first kappa shape index (κ1) is 13.9. The van der Waals surface area contributed by atoms with Crippen LogP contribution in [0.4, 0.5) is 5.69 Å². The first-order chi connectivity index (χ1) is 9.11.